The minimum absolute atomic E-state index is 0.0684. The first-order chi connectivity index (χ1) is 6.06. The van der Waals surface area contributed by atoms with Gasteiger partial charge in [0.25, 0.3) is 0 Å². The van der Waals surface area contributed by atoms with Crippen molar-refractivity contribution in [3.63, 3.8) is 0 Å². The lowest BCUT2D eigenvalue weighted by molar-refractivity contribution is 0.102. The highest BCUT2D eigenvalue weighted by atomic mass is 35.5. The predicted molar refractivity (Wildman–Crippen MR) is 52.0 cm³/mol. The number of hydrogen-bond donors (Lipinski definition) is 3. The largest absolute Gasteiger partial charge is 0.508 e. The SMILES string of the molecule is Nc1cc(O)cc(N)c1C(=O)CCl. The average Bonchev–Trinajstić information content (AvgIpc) is 2.02. The number of anilines is 2. The molecular weight excluding hydrogens is 192 g/mol. The van der Waals surface area contributed by atoms with Crippen LogP contribution in [-0.4, -0.2) is 16.8 Å². The maximum atomic E-state index is 11.2. The van der Waals surface area contributed by atoms with E-state index in [-0.39, 0.29) is 34.4 Å². The van der Waals surface area contributed by atoms with Gasteiger partial charge in [-0.3, -0.25) is 4.79 Å². The van der Waals surface area contributed by atoms with E-state index in [2.05, 4.69) is 0 Å². The molecule has 0 fully saturated rings. The van der Waals surface area contributed by atoms with Crippen LogP contribution in [0.25, 0.3) is 0 Å². The van der Waals surface area contributed by atoms with Gasteiger partial charge in [-0.05, 0) is 0 Å². The van der Waals surface area contributed by atoms with Crippen molar-refractivity contribution >= 4 is 28.8 Å². The third-order valence-corrected chi connectivity index (χ3v) is 1.83. The molecule has 0 saturated heterocycles. The summed E-state index contributed by atoms with van der Waals surface area (Å²) in [6.07, 6.45) is 0. The van der Waals surface area contributed by atoms with E-state index in [1.54, 1.807) is 0 Å². The molecule has 0 unspecified atom stereocenters. The summed E-state index contributed by atoms with van der Waals surface area (Å²) in [4.78, 5) is 11.2. The highest BCUT2D eigenvalue weighted by molar-refractivity contribution is 6.31. The van der Waals surface area contributed by atoms with E-state index in [0.29, 0.717) is 0 Å². The normalized spacial score (nSPS) is 9.92. The molecule has 0 heterocycles. The fourth-order valence-corrected chi connectivity index (χ4v) is 1.19. The van der Waals surface area contributed by atoms with Crippen molar-refractivity contribution in [2.24, 2.45) is 0 Å². The monoisotopic (exact) mass is 200 g/mol. The molecule has 0 aromatic heterocycles. The Labute approximate surface area is 80.1 Å². The number of halogens is 1. The summed E-state index contributed by atoms with van der Waals surface area (Å²) in [6, 6.07) is 2.52. The molecule has 0 atom stereocenters. The Morgan fingerprint density at radius 1 is 1.38 bits per heavy atom. The summed E-state index contributed by atoms with van der Waals surface area (Å²) < 4.78 is 0. The number of ketones is 1. The lowest BCUT2D eigenvalue weighted by Gasteiger charge is -2.06. The molecule has 13 heavy (non-hydrogen) atoms. The van der Waals surface area contributed by atoms with E-state index < -0.39 is 0 Å². The minimum atomic E-state index is -0.350. The van der Waals surface area contributed by atoms with E-state index in [0.717, 1.165) is 0 Å². The van der Waals surface area contributed by atoms with Crippen molar-refractivity contribution in [3.8, 4) is 5.75 Å². The molecule has 0 amide bonds. The summed E-state index contributed by atoms with van der Waals surface area (Å²) in [5.41, 5.74) is 11.4. The van der Waals surface area contributed by atoms with E-state index in [9.17, 15) is 4.79 Å². The molecular formula is C8H9ClN2O2. The molecule has 1 aromatic carbocycles. The summed E-state index contributed by atoms with van der Waals surface area (Å²) in [6.45, 7) is 0. The van der Waals surface area contributed by atoms with E-state index in [1.807, 2.05) is 0 Å². The highest BCUT2D eigenvalue weighted by Gasteiger charge is 2.13. The second kappa shape index (κ2) is 3.53. The highest BCUT2D eigenvalue weighted by Crippen LogP contribution is 2.26. The summed E-state index contributed by atoms with van der Waals surface area (Å²) in [5.74, 6) is -0.600. The van der Waals surface area contributed by atoms with Gasteiger partial charge in [0.15, 0.2) is 5.78 Å². The average molecular weight is 201 g/mol. The van der Waals surface area contributed by atoms with Crippen molar-refractivity contribution in [1.82, 2.24) is 0 Å². The number of carbonyl (C=O) groups excluding carboxylic acids is 1. The van der Waals surface area contributed by atoms with Crippen LogP contribution in [-0.2, 0) is 0 Å². The number of rotatable bonds is 2. The Bertz CT molecular complexity index is 329. The lowest BCUT2D eigenvalue weighted by Crippen LogP contribution is -2.08. The van der Waals surface area contributed by atoms with Gasteiger partial charge in [0.1, 0.15) is 5.75 Å². The number of carbonyl (C=O) groups is 1. The van der Waals surface area contributed by atoms with Crippen molar-refractivity contribution < 1.29 is 9.90 Å². The summed E-state index contributed by atoms with van der Waals surface area (Å²) in [7, 11) is 0. The maximum Gasteiger partial charge on any atom is 0.181 e. The first-order valence-corrected chi connectivity index (χ1v) is 4.07. The van der Waals surface area contributed by atoms with Gasteiger partial charge in [-0.25, -0.2) is 0 Å². The van der Waals surface area contributed by atoms with Gasteiger partial charge in [0.2, 0.25) is 0 Å². The Balaban J connectivity index is 3.28. The fraction of sp³-hybridized carbons (Fsp3) is 0.125. The van der Waals surface area contributed by atoms with Crippen molar-refractivity contribution in [1.29, 1.82) is 0 Å². The standard InChI is InChI=1S/C8H9ClN2O2/c9-3-7(13)8-5(10)1-4(12)2-6(8)11/h1-2,12H,3,10-11H2. The maximum absolute atomic E-state index is 11.2. The Morgan fingerprint density at radius 3 is 2.23 bits per heavy atom. The van der Waals surface area contributed by atoms with Crippen LogP contribution in [0, 0.1) is 0 Å². The fourth-order valence-electron chi connectivity index (χ4n) is 1.06. The van der Waals surface area contributed by atoms with Gasteiger partial charge in [-0.1, -0.05) is 0 Å². The van der Waals surface area contributed by atoms with E-state index in [1.165, 1.54) is 12.1 Å². The Kier molecular flexibility index (Phi) is 2.63. The lowest BCUT2D eigenvalue weighted by atomic mass is 10.1. The zero-order valence-corrected chi connectivity index (χ0v) is 7.51. The number of phenols is 1. The third kappa shape index (κ3) is 1.84. The quantitative estimate of drug-likeness (QED) is 0.377. The van der Waals surface area contributed by atoms with Crippen LogP contribution in [0.4, 0.5) is 11.4 Å². The van der Waals surface area contributed by atoms with Crippen LogP contribution >= 0.6 is 11.6 Å². The van der Waals surface area contributed by atoms with Gasteiger partial charge in [-0.2, -0.15) is 0 Å². The molecule has 4 nitrogen and oxygen atoms in total. The molecule has 1 aromatic rings. The van der Waals surface area contributed by atoms with Crippen LogP contribution in [0.2, 0.25) is 0 Å². The number of nitrogens with two attached hydrogens (primary N) is 2. The van der Waals surface area contributed by atoms with Crippen molar-refractivity contribution in [3.05, 3.63) is 17.7 Å². The molecule has 0 spiro atoms. The number of hydrogen-bond acceptors (Lipinski definition) is 4. The molecule has 70 valence electrons. The van der Waals surface area contributed by atoms with Gasteiger partial charge >= 0.3 is 0 Å². The molecule has 0 radical (unpaired) electrons. The first kappa shape index (κ1) is 9.67. The number of alkyl halides is 1. The molecule has 5 heteroatoms. The van der Waals surface area contributed by atoms with Crippen LogP contribution in [0.3, 0.4) is 0 Å². The minimum Gasteiger partial charge on any atom is -0.508 e. The summed E-state index contributed by atoms with van der Waals surface area (Å²) in [5, 5.41) is 9.07. The second-order valence-corrected chi connectivity index (χ2v) is 2.82. The number of nitrogen functional groups attached to an aromatic ring is 2. The molecule has 0 aliphatic heterocycles. The van der Waals surface area contributed by atoms with Gasteiger partial charge in [0.05, 0.1) is 11.4 Å². The van der Waals surface area contributed by atoms with Crippen LogP contribution in [0.1, 0.15) is 10.4 Å². The number of Topliss-reactive ketones (excluding diaryl/α,β-unsaturated/α-hetero) is 1. The molecule has 0 bridgehead atoms. The van der Waals surface area contributed by atoms with Crippen LogP contribution in [0.5, 0.6) is 5.75 Å². The Morgan fingerprint density at radius 2 is 1.85 bits per heavy atom. The third-order valence-electron chi connectivity index (χ3n) is 1.58. The molecule has 0 saturated carbocycles. The molecule has 0 aliphatic carbocycles. The predicted octanol–water partition coefficient (Wildman–Crippen LogP) is 0.978. The van der Waals surface area contributed by atoms with E-state index in [4.69, 9.17) is 28.2 Å². The first-order valence-electron chi connectivity index (χ1n) is 3.53. The smallest absolute Gasteiger partial charge is 0.181 e. The van der Waals surface area contributed by atoms with Gasteiger partial charge in [-0.15, -0.1) is 11.6 Å². The van der Waals surface area contributed by atoms with Crippen molar-refractivity contribution in [2.45, 2.75) is 0 Å². The van der Waals surface area contributed by atoms with Crippen LogP contribution < -0.4 is 11.5 Å². The zero-order valence-electron chi connectivity index (χ0n) is 6.75. The number of aromatic hydroxyl groups is 1. The summed E-state index contributed by atoms with van der Waals surface area (Å²) >= 11 is 5.35. The molecule has 5 N–H and O–H groups in total. The van der Waals surface area contributed by atoms with E-state index >= 15 is 0 Å². The second-order valence-electron chi connectivity index (χ2n) is 2.56. The number of benzene rings is 1. The number of phenolic OH excluding ortho intramolecular Hbond substituents is 1. The van der Waals surface area contributed by atoms with Crippen LogP contribution in [0.15, 0.2) is 12.1 Å². The zero-order chi connectivity index (χ0) is 10.0. The Hall–Kier alpha value is -1.42. The van der Waals surface area contributed by atoms with Gasteiger partial charge < -0.3 is 16.6 Å². The topological polar surface area (TPSA) is 89.3 Å². The van der Waals surface area contributed by atoms with Crippen molar-refractivity contribution in [2.75, 3.05) is 17.3 Å². The molecule has 1 rings (SSSR count). The van der Waals surface area contributed by atoms with Gasteiger partial charge in [0, 0.05) is 23.5 Å². The molecule has 0 aliphatic rings.